The topological polar surface area (TPSA) is 58.4 Å². The normalized spacial score (nSPS) is 32.9. The van der Waals surface area contributed by atoms with Gasteiger partial charge >= 0.3 is 0 Å². The summed E-state index contributed by atoms with van der Waals surface area (Å²) in [6.45, 7) is 3.42. The molecule has 0 radical (unpaired) electrons. The minimum atomic E-state index is -0.185. The van der Waals surface area contributed by atoms with E-state index in [0.29, 0.717) is 12.5 Å². The Hall–Kier alpha value is -0.610. The summed E-state index contributed by atoms with van der Waals surface area (Å²) in [6, 6.07) is 1.22. The summed E-state index contributed by atoms with van der Waals surface area (Å²) in [5.74, 6) is -0.185. The molecule has 4 nitrogen and oxygen atoms in total. The van der Waals surface area contributed by atoms with Crippen LogP contribution in [0.1, 0.15) is 25.7 Å². The van der Waals surface area contributed by atoms with Gasteiger partial charge in [-0.05, 0) is 25.8 Å². The highest BCUT2D eigenvalue weighted by atomic mass is 16.1. The Kier molecular flexibility index (Phi) is 3.03. The lowest BCUT2D eigenvalue weighted by Crippen LogP contribution is -2.53. The van der Waals surface area contributed by atoms with E-state index in [1.807, 2.05) is 0 Å². The fourth-order valence-corrected chi connectivity index (χ4v) is 2.53. The third-order valence-corrected chi connectivity index (χ3v) is 3.34. The van der Waals surface area contributed by atoms with Crippen molar-refractivity contribution in [1.82, 2.24) is 10.2 Å². The fourth-order valence-electron chi connectivity index (χ4n) is 2.53. The van der Waals surface area contributed by atoms with Gasteiger partial charge in [-0.15, -0.1) is 0 Å². The number of piperazine rings is 1. The zero-order valence-corrected chi connectivity index (χ0v) is 8.54. The third kappa shape index (κ3) is 2.25. The average Bonchev–Trinajstić information content (AvgIpc) is 2.61. The first-order valence-electron chi connectivity index (χ1n) is 5.51. The maximum Gasteiger partial charge on any atom is 0.217 e. The average molecular weight is 197 g/mol. The third-order valence-electron chi connectivity index (χ3n) is 3.34. The Morgan fingerprint density at radius 1 is 1.57 bits per heavy atom. The van der Waals surface area contributed by atoms with Gasteiger partial charge in [0.2, 0.25) is 5.91 Å². The molecule has 0 aromatic rings. The number of nitrogens with two attached hydrogens (primary N) is 1. The molecule has 0 aromatic heterocycles. The molecule has 2 aliphatic rings. The number of primary amides is 1. The Labute approximate surface area is 84.8 Å². The first kappa shape index (κ1) is 9.93. The van der Waals surface area contributed by atoms with Gasteiger partial charge in [0.15, 0.2) is 0 Å². The number of carbonyl (C=O) groups excluding carboxylic acids is 1. The van der Waals surface area contributed by atoms with E-state index in [0.717, 1.165) is 25.6 Å². The van der Waals surface area contributed by atoms with Crippen LogP contribution in [0.2, 0.25) is 0 Å². The van der Waals surface area contributed by atoms with Gasteiger partial charge in [0.1, 0.15) is 0 Å². The molecule has 3 N–H and O–H groups in total. The van der Waals surface area contributed by atoms with Crippen LogP contribution < -0.4 is 11.1 Å². The van der Waals surface area contributed by atoms with Crippen molar-refractivity contribution in [1.29, 1.82) is 0 Å². The van der Waals surface area contributed by atoms with Crippen molar-refractivity contribution in [2.45, 2.75) is 37.8 Å². The predicted molar refractivity (Wildman–Crippen MR) is 54.8 cm³/mol. The van der Waals surface area contributed by atoms with Crippen LogP contribution in [-0.4, -0.2) is 42.5 Å². The molecule has 0 bridgehead atoms. The molecule has 2 rings (SSSR count). The second-order valence-corrected chi connectivity index (χ2v) is 4.40. The van der Waals surface area contributed by atoms with E-state index in [4.69, 9.17) is 5.73 Å². The van der Waals surface area contributed by atoms with Crippen molar-refractivity contribution in [3.8, 4) is 0 Å². The quantitative estimate of drug-likeness (QED) is 0.652. The van der Waals surface area contributed by atoms with E-state index in [-0.39, 0.29) is 5.91 Å². The number of fused-ring (bicyclic) bond motifs is 1. The summed E-state index contributed by atoms with van der Waals surface area (Å²) in [5, 5.41) is 3.50. The lowest BCUT2D eigenvalue weighted by atomic mass is 10.1. The van der Waals surface area contributed by atoms with Gasteiger partial charge in [-0.25, -0.2) is 0 Å². The van der Waals surface area contributed by atoms with Crippen molar-refractivity contribution < 1.29 is 4.79 Å². The van der Waals surface area contributed by atoms with Crippen molar-refractivity contribution in [2.24, 2.45) is 5.73 Å². The molecule has 2 aliphatic heterocycles. The van der Waals surface area contributed by atoms with Crippen LogP contribution in [0.15, 0.2) is 0 Å². The molecule has 1 amide bonds. The van der Waals surface area contributed by atoms with Crippen LogP contribution in [0.4, 0.5) is 0 Å². The molecule has 14 heavy (non-hydrogen) atoms. The molecule has 2 fully saturated rings. The summed E-state index contributed by atoms with van der Waals surface area (Å²) in [6.07, 6.45) is 4.05. The summed E-state index contributed by atoms with van der Waals surface area (Å²) >= 11 is 0. The Morgan fingerprint density at radius 3 is 3.21 bits per heavy atom. The molecule has 80 valence electrons. The smallest absolute Gasteiger partial charge is 0.217 e. The lowest BCUT2D eigenvalue weighted by molar-refractivity contribution is -0.118. The summed E-state index contributed by atoms with van der Waals surface area (Å²) in [7, 11) is 0. The number of nitrogens with one attached hydrogen (secondary N) is 1. The molecule has 2 unspecified atom stereocenters. The molecular formula is C10H19N3O. The Bertz CT molecular complexity index is 219. The number of nitrogens with zero attached hydrogens (tertiary/aromatic N) is 1. The Morgan fingerprint density at radius 2 is 2.43 bits per heavy atom. The highest BCUT2D eigenvalue weighted by molar-refractivity contribution is 5.73. The molecular weight excluding hydrogens is 178 g/mol. The molecule has 2 atom stereocenters. The van der Waals surface area contributed by atoms with Crippen LogP contribution >= 0.6 is 0 Å². The molecule has 2 saturated heterocycles. The van der Waals surface area contributed by atoms with Crippen molar-refractivity contribution in [3.05, 3.63) is 0 Å². The van der Waals surface area contributed by atoms with E-state index in [2.05, 4.69) is 10.2 Å². The van der Waals surface area contributed by atoms with Gasteiger partial charge in [-0.2, -0.15) is 0 Å². The van der Waals surface area contributed by atoms with E-state index in [1.165, 1.54) is 19.4 Å². The minimum Gasteiger partial charge on any atom is -0.370 e. The fraction of sp³-hybridized carbons (Fsp3) is 0.900. The standard InChI is InChI=1S/C10H19N3O/c11-10(14)4-3-8-7-13-5-1-2-9(13)6-12-8/h8-9,12H,1-7H2,(H2,11,14). The highest BCUT2D eigenvalue weighted by Gasteiger charge is 2.30. The van der Waals surface area contributed by atoms with Crippen molar-refractivity contribution >= 4 is 5.91 Å². The zero-order valence-electron chi connectivity index (χ0n) is 8.54. The SMILES string of the molecule is NC(=O)CCC1CN2CCCC2CN1. The van der Waals surface area contributed by atoms with Gasteiger partial charge in [0.05, 0.1) is 0 Å². The zero-order chi connectivity index (χ0) is 9.97. The number of amides is 1. The van der Waals surface area contributed by atoms with E-state index >= 15 is 0 Å². The first-order valence-corrected chi connectivity index (χ1v) is 5.51. The summed E-state index contributed by atoms with van der Waals surface area (Å²) in [5.41, 5.74) is 5.14. The van der Waals surface area contributed by atoms with Crippen LogP contribution in [0, 0.1) is 0 Å². The summed E-state index contributed by atoms with van der Waals surface area (Å²) in [4.78, 5) is 13.2. The molecule has 0 aliphatic carbocycles. The van der Waals surface area contributed by atoms with E-state index < -0.39 is 0 Å². The number of hydrogen-bond acceptors (Lipinski definition) is 3. The molecule has 2 heterocycles. The maximum absolute atomic E-state index is 10.7. The molecule has 4 heteroatoms. The largest absolute Gasteiger partial charge is 0.370 e. The van der Waals surface area contributed by atoms with Gasteiger partial charge in [-0.1, -0.05) is 0 Å². The molecule has 0 spiro atoms. The van der Waals surface area contributed by atoms with Crippen molar-refractivity contribution in [3.63, 3.8) is 0 Å². The maximum atomic E-state index is 10.7. The number of hydrogen-bond donors (Lipinski definition) is 2. The Balaban J connectivity index is 1.77. The van der Waals surface area contributed by atoms with Gasteiger partial charge in [0.25, 0.3) is 0 Å². The molecule has 0 saturated carbocycles. The second-order valence-electron chi connectivity index (χ2n) is 4.40. The lowest BCUT2D eigenvalue weighted by Gasteiger charge is -2.35. The molecule has 0 aromatic carbocycles. The van der Waals surface area contributed by atoms with Gasteiger partial charge in [-0.3, -0.25) is 9.69 Å². The predicted octanol–water partition coefficient (Wildman–Crippen LogP) is -0.312. The monoisotopic (exact) mass is 197 g/mol. The number of carbonyl (C=O) groups is 1. The van der Waals surface area contributed by atoms with Crippen molar-refractivity contribution in [2.75, 3.05) is 19.6 Å². The minimum absolute atomic E-state index is 0.185. The summed E-state index contributed by atoms with van der Waals surface area (Å²) < 4.78 is 0. The number of rotatable bonds is 3. The van der Waals surface area contributed by atoms with Crippen LogP contribution in [-0.2, 0) is 4.79 Å². The van der Waals surface area contributed by atoms with E-state index in [1.54, 1.807) is 0 Å². The highest BCUT2D eigenvalue weighted by Crippen LogP contribution is 2.20. The van der Waals surface area contributed by atoms with Gasteiger partial charge in [0, 0.05) is 31.6 Å². The van der Waals surface area contributed by atoms with Crippen LogP contribution in [0.25, 0.3) is 0 Å². The van der Waals surface area contributed by atoms with Crippen LogP contribution in [0.3, 0.4) is 0 Å². The van der Waals surface area contributed by atoms with Crippen LogP contribution in [0.5, 0.6) is 0 Å². The van der Waals surface area contributed by atoms with Gasteiger partial charge < -0.3 is 11.1 Å². The second kappa shape index (κ2) is 4.28. The first-order chi connectivity index (χ1) is 6.75. The van der Waals surface area contributed by atoms with E-state index in [9.17, 15) is 4.79 Å².